The van der Waals surface area contributed by atoms with Crippen LogP contribution in [0.15, 0.2) is 69.9 Å². The Kier molecular flexibility index (Phi) is 6.43. The molecule has 0 radical (unpaired) electrons. The molecule has 0 aliphatic carbocycles. The van der Waals surface area contributed by atoms with Crippen molar-refractivity contribution in [1.82, 2.24) is 9.71 Å². The zero-order valence-corrected chi connectivity index (χ0v) is 18.4. The standard InChI is InChI=1S/C22H22N4O3S2/c27-22(19-15-30-21(25-19)12-11-16-6-2-1-3-7-16)24-17-8-4-9-18(14-17)31(28,29)26-20-10-5-13-23-20/h1-4,6-9,14-15H,5,10-13H2,(H,23,26)(H,24,27). The monoisotopic (exact) mass is 454 g/mol. The van der Waals surface area contributed by atoms with Gasteiger partial charge in [-0.05, 0) is 36.6 Å². The Balaban J connectivity index is 1.40. The fourth-order valence-electron chi connectivity index (χ4n) is 3.20. The lowest BCUT2D eigenvalue weighted by atomic mass is 10.1. The number of carbonyl (C=O) groups is 1. The van der Waals surface area contributed by atoms with Crippen LogP contribution in [0.4, 0.5) is 5.69 Å². The van der Waals surface area contributed by atoms with E-state index in [0.29, 0.717) is 30.2 Å². The highest BCUT2D eigenvalue weighted by Crippen LogP contribution is 2.19. The van der Waals surface area contributed by atoms with Crippen LogP contribution in [0.1, 0.15) is 33.9 Å². The summed E-state index contributed by atoms with van der Waals surface area (Å²) in [5, 5.41) is 5.33. The van der Waals surface area contributed by atoms with E-state index >= 15 is 0 Å². The largest absolute Gasteiger partial charge is 0.321 e. The average Bonchev–Trinajstić information content (AvgIpc) is 3.45. The molecule has 2 heterocycles. The average molecular weight is 455 g/mol. The minimum absolute atomic E-state index is 0.0710. The number of nitrogens with one attached hydrogen (secondary N) is 2. The predicted octanol–water partition coefficient (Wildman–Crippen LogP) is 3.65. The SMILES string of the molecule is O=C(Nc1cccc(S(=O)(=O)NC2=NCCC2)c1)c1csc(CCc2ccccc2)n1. The number of benzene rings is 2. The quantitative estimate of drug-likeness (QED) is 0.569. The molecule has 9 heteroatoms. The molecule has 0 saturated carbocycles. The Morgan fingerprint density at radius 1 is 1.06 bits per heavy atom. The van der Waals surface area contributed by atoms with Gasteiger partial charge in [-0.3, -0.25) is 14.5 Å². The highest BCUT2D eigenvalue weighted by molar-refractivity contribution is 7.90. The van der Waals surface area contributed by atoms with Crippen LogP contribution in [-0.2, 0) is 22.9 Å². The van der Waals surface area contributed by atoms with E-state index in [0.717, 1.165) is 24.3 Å². The number of amidine groups is 1. The van der Waals surface area contributed by atoms with E-state index in [9.17, 15) is 13.2 Å². The van der Waals surface area contributed by atoms with Gasteiger partial charge in [-0.1, -0.05) is 36.4 Å². The van der Waals surface area contributed by atoms with Crippen LogP contribution < -0.4 is 10.0 Å². The molecule has 31 heavy (non-hydrogen) atoms. The molecule has 2 aromatic carbocycles. The van der Waals surface area contributed by atoms with Crippen LogP contribution in [0.2, 0.25) is 0 Å². The Labute approximate surface area is 185 Å². The highest BCUT2D eigenvalue weighted by atomic mass is 32.2. The van der Waals surface area contributed by atoms with E-state index < -0.39 is 10.0 Å². The summed E-state index contributed by atoms with van der Waals surface area (Å²) in [5.41, 5.74) is 1.93. The Bertz CT molecular complexity index is 1200. The van der Waals surface area contributed by atoms with Crippen LogP contribution in [0.5, 0.6) is 0 Å². The molecule has 3 aromatic rings. The van der Waals surface area contributed by atoms with E-state index in [1.165, 1.54) is 29.0 Å². The summed E-state index contributed by atoms with van der Waals surface area (Å²) in [5.74, 6) is 0.102. The van der Waals surface area contributed by atoms with Crippen molar-refractivity contribution in [2.75, 3.05) is 11.9 Å². The summed E-state index contributed by atoms with van der Waals surface area (Å²) in [6.07, 6.45) is 3.07. The van der Waals surface area contributed by atoms with Crippen LogP contribution in [0.25, 0.3) is 0 Å². The third-order valence-corrected chi connectivity index (χ3v) is 7.07. The molecule has 0 bridgehead atoms. The molecular weight excluding hydrogens is 432 g/mol. The maximum atomic E-state index is 12.6. The van der Waals surface area contributed by atoms with Gasteiger partial charge in [0.15, 0.2) is 0 Å². The van der Waals surface area contributed by atoms with Gasteiger partial charge in [0.2, 0.25) is 0 Å². The maximum absolute atomic E-state index is 12.6. The third kappa shape index (κ3) is 5.56. The molecular formula is C22H22N4O3S2. The second-order valence-electron chi connectivity index (χ2n) is 7.13. The van der Waals surface area contributed by atoms with Gasteiger partial charge >= 0.3 is 0 Å². The number of aromatic nitrogens is 1. The van der Waals surface area contributed by atoms with E-state index in [4.69, 9.17) is 0 Å². The van der Waals surface area contributed by atoms with Gasteiger partial charge in [-0.25, -0.2) is 13.4 Å². The highest BCUT2D eigenvalue weighted by Gasteiger charge is 2.19. The molecule has 0 saturated heterocycles. The van der Waals surface area contributed by atoms with Crippen molar-refractivity contribution in [3.63, 3.8) is 0 Å². The van der Waals surface area contributed by atoms with Gasteiger partial charge in [0.1, 0.15) is 11.5 Å². The summed E-state index contributed by atoms with van der Waals surface area (Å²) < 4.78 is 27.7. The lowest BCUT2D eigenvalue weighted by Gasteiger charge is -2.09. The van der Waals surface area contributed by atoms with Gasteiger partial charge in [-0.15, -0.1) is 11.3 Å². The molecule has 1 aromatic heterocycles. The summed E-state index contributed by atoms with van der Waals surface area (Å²) in [4.78, 5) is 21.2. The predicted molar refractivity (Wildman–Crippen MR) is 122 cm³/mol. The molecule has 1 aliphatic rings. The molecule has 1 aliphatic heterocycles. The minimum atomic E-state index is -3.74. The van der Waals surface area contributed by atoms with Crippen molar-refractivity contribution in [3.8, 4) is 0 Å². The van der Waals surface area contributed by atoms with Crippen molar-refractivity contribution < 1.29 is 13.2 Å². The second kappa shape index (κ2) is 9.40. The van der Waals surface area contributed by atoms with Crippen molar-refractivity contribution in [2.45, 2.75) is 30.6 Å². The van der Waals surface area contributed by atoms with Crippen molar-refractivity contribution in [1.29, 1.82) is 0 Å². The lowest BCUT2D eigenvalue weighted by molar-refractivity contribution is 0.102. The molecule has 0 unspecified atom stereocenters. The number of hydrogen-bond donors (Lipinski definition) is 2. The van der Waals surface area contributed by atoms with E-state index in [1.54, 1.807) is 17.5 Å². The number of rotatable bonds is 7. The van der Waals surface area contributed by atoms with Crippen LogP contribution in [-0.4, -0.2) is 31.7 Å². The number of carbonyl (C=O) groups excluding carboxylic acids is 1. The molecule has 0 atom stereocenters. The number of anilines is 1. The molecule has 2 N–H and O–H groups in total. The summed E-state index contributed by atoms with van der Waals surface area (Å²) in [6, 6.07) is 16.3. The number of nitrogens with zero attached hydrogens (tertiary/aromatic N) is 2. The topological polar surface area (TPSA) is 101 Å². The minimum Gasteiger partial charge on any atom is -0.321 e. The zero-order chi connectivity index (χ0) is 21.7. The van der Waals surface area contributed by atoms with Crippen molar-refractivity contribution in [2.24, 2.45) is 4.99 Å². The molecule has 0 fully saturated rings. The van der Waals surface area contributed by atoms with Crippen molar-refractivity contribution >= 4 is 38.8 Å². The number of aryl methyl sites for hydroxylation is 2. The van der Waals surface area contributed by atoms with E-state index in [1.807, 2.05) is 18.2 Å². The Morgan fingerprint density at radius 2 is 1.90 bits per heavy atom. The van der Waals surface area contributed by atoms with Gasteiger partial charge in [-0.2, -0.15) is 0 Å². The zero-order valence-electron chi connectivity index (χ0n) is 16.7. The maximum Gasteiger partial charge on any atom is 0.275 e. The fourth-order valence-corrected chi connectivity index (χ4v) is 5.11. The van der Waals surface area contributed by atoms with E-state index in [2.05, 4.69) is 32.1 Å². The molecule has 4 rings (SSSR count). The normalized spacial score (nSPS) is 13.6. The van der Waals surface area contributed by atoms with Crippen LogP contribution >= 0.6 is 11.3 Å². The number of hydrogen-bond acceptors (Lipinski definition) is 6. The molecule has 160 valence electrons. The van der Waals surface area contributed by atoms with Gasteiger partial charge in [0.25, 0.3) is 15.9 Å². The first kappa shape index (κ1) is 21.2. The fraction of sp³-hybridized carbons (Fsp3) is 0.227. The van der Waals surface area contributed by atoms with Gasteiger partial charge < -0.3 is 5.32 Å². The summed E-state index contributed by atoms with van der Waals surface area (Å²) in [6.45, 7) is 0.634. The van der Waals surface area contributed by atoms with Crippen molar-refractivity contribution in [3.05, 3.63) is 76.2 Å². The van der Waals surface area contributed by atoms with Crippen LogP contribution in [0, 0.1) is 0 Å². The first-order chi connectivity index (χ1) is 15.0. The number of thiazole rings is 1. The summed E-state index contributed by atoms with van der Waals surface area (Å²) >= 11 is 1.44. The number of aliphatic imine (C=N–C) groups is 1. The Hall–Kier alpha value is -3.04. The second-order valence-corrected chi connectivity index (χ2v) is 9.76. The first-order valence-corrected chi connectivity index (χ1v) is 12.3. The molecule has 0 spiro atoms. The smallest absolute Gasteiger partial charge is 0.275 e. The first-order valence-electron chi connectivity index (χ1n) is 9.95. The third-order valence-electron chi connectivity index (χ3n) is 4.78. The molecule has 7 nitrogen and oxygen atoms in total. The number of sulfonamides is 1. The van der Waals surface area contributed by atoms with Gasteiger partial charge in [0.05, 0.1) is 9.90 Å². The molecule has 1 amide bonds. The number of amides is 1. The summed E-state index contributed by atoms with van der Waals surface area (Å²) in [7, 11) is -3.74. The van der Waals surface area contributed by atoms with Crippen LogP contribution in [0.3, 0.4) is 0 Å². The lowest BCUT2D eigenvalue weighted by Crippen LogP contribution is -2.29. The van der Waals surface area contributed by atoms with E-state index in [-0.39, 0.29) is 10.8 Å². The van der Waals surface area contributed by atoms with Gasteiger partial charge in [0, 0.05) is 30.5 Å². The Morgan fingerprint density at radius 3 is 2.68 bits per heavy atom.